The van der Waals surface area contributed by atoms with Crippen LogP contribution in [-0.2, 0) is 14.3 Å². The number of nitrogens with one attached hydrogen (secondary N) is 1. The lowest BCUT2D eigenvalue weighted by Crippen LogP contribution is -2.34. The number of hydrogen-bond donors (Lipinski definition) is 2. The minimum atomic E-state index is -1.02. The number of carbonyl (C=O) groups is 2. The van der Waals surface area contributed by atoms with Crippen molar-refractivity contribution in [2.45, 2.75) is 44.9 Å². The maximum absolute atomic E-state index is 12.0. The third kappa shape index (κ3) is 4.94. The molecule has 1 aromatic rings. The van der Waals surface area contributed by atoms with E-state index in [1.54, 1.807) is 20.8 Å². The summed E-state index contributed by atoms with van der Waals surface area (Å²) in [7, 11) is 0. The Hall–Kier alpha value is -1.60. The Morgan fingerprint density at radius 3 is 2.65 bits per heavy atom. The predicted molar refractivity (Wildman–Crippen MR) is 87.2 cm³/mol. The zero-order chi connectivity index (χ0) is 17.2. The number of carboxylic acids is 1. The molecule has 0 spiro atoms. The van der Waals surface area contributed by atoms with Crippen molar-refractivity contribution in [1.82, 2.24) is 5.32 Å². The quantitative estimate of drug-likeness (QED) is 0.827. The average Bonchev–Trinajstić information content (AvgIpc) is 2.71. The Morgan fingerprint density at radius 2 is 2.04 bits per heavy atom. The molecule has 1 aliphatic carbocycles. The van der Waals surface area contributed by atoms with Crippen LogP contribution in [0.3, 0.4) is 0 Å². The first-order valence-corrected chi connectivity index (χ1v) is 8.07. The van der Waals surface area contributed by atoms with Gasteiger partial charge in [0.05, 0.1) is 12.1 Å². The van der Waals surface area contributed by atoms with Crippen LogP contribution in [0, 0.1) is 0 Å². The number of hydrogen-bond acceptors (Lipinski definition) is 4. The number of rotatable bonds is 4. The van der Waals surface area contributed by atoms with E-state index in [0.717, 1.165) is 15.6 Å². The van der Waals surface area contributed by atoms with Gasteiger partial charge in [-0.15, -0.1) is 0 Å². The van der Waals surface area contributed by atoms with Crippen LogP contribution < -0.4 is 5.32 Å². The first-order valence-electron chi connectivity index (χ1n) is 7.28. The summed E-state index contributed by atoms with van der Waals surface area (Å²) in [4.78, 5) is 22.7. The van der Waals surface area contributed by atoms with Gasteiger partial charge >= 0.3 is 12.1 Å². The van der Waals surface area contributed by atoms with E-state index in [1.165, 1.54) is 0 Å². The fourth-order valence-electron chi connectivity index (χ4n) is 2.53. The first-order chi connectivity index (χ1) is 10.7. The third-order valence-electron chi connectivity index (χ3n) is 3.32. The summed E-state index contributed by atoms with van der Waals surface area (Å²) < 4.78 is 11.6. The minimum absolute atomic E-state index is 0.272. The molecule has 2 unspecified atom stereocenters. The lowest BCUT2D eigenvalue weighted by molar-refractivity contribution is -0.144. The molecule has 2 atom stereocenters. The van der Waals surface area contributed by atoms with Gasteiger partial charge in [-0.25, -0.2) is 9.59 Å². The van der Waals surface area contributed by atoms with E-state index in [1.807, 2.05) is 18.2 Å². The average molecular weight is 386 g/mol. The van der Waals surface area contributed by atoms with Gasteiger partial charge in [-0.05, 0) is 44.0 Å². The topological polar surface area (TPSA) is 84.9 Å². The number of carbonyl (C=O) groups excluding carboxylic acids is 1. The Bertz CT molecular complexity index is 611. The number of halogens is 1. The van der Waals surface area contributed by atoms with Crippen molar-refractivity contribution in [2.75, 3.05) is 6.61 Å². The van der Waals surface area contributed by atoms with E-state index in [9.17, 15) is 9.59 Å². The highest BCUT2D eigenvalue weighted by Crippen LogP contribution is 2.42. The van der Waals surface area contributed by atoms with Crippen molar-refractivity contribution in [3.63, 3.8) is 0 Å². The summed E-state index contributed by atoms with van der Waals surface area (Å²) in [6, 6.07) is 5.39. The number of fused-ring (bicyclic) bond motifs is 1. The van der Waals surface area contributed by atoms with Gasteiger partial charge in [-0.2, -0.15) is 0 Å². The molecule has 0 aromatic heterocycles. The lowest BCUT2D eigenvalue weighted by Gasteiger charge is -2.22. The van der Waals surface area contributed by atoms with E-state index in [0.29, 0.717) is 6.42 Å². The first kappa shape index (κ1) is 17.7. The SMILES string of the molecule is CC(C)(C)OC(=O)NC1CC(OCC(=O)O)c2cc(Br)ccc21. The number of benzene rings is 1. The van der Waals surface area contributed by atoms with Crippen molar-refractivity contribution in [3.05, 3.63) is 33.8 Å². The number of alkyl carbamates (subject to hydrolysis) is 1. The van der Waals surface area contributed by atoms with Crippen LogP contribution in [0.15, 0.2) is 22.7 Å². The van der Waals surface area contributed by atoms with Crippen LogP contribution in [-0.4, -0.2) is 29.4 Å². The van der Waals surface area contributed by atoms with Crippen LogP contribution in [0.2, 0.25) is 0 Å². The third-order valence-corrected chi connectivity index (χ3v) is 3.81. The number of carboxylic acid groups (broad SMARTS) is 1. The molecular weight excluding hydrogens is 366 g/mol. The van der Waals surface area contributed by atoms with Crippen molar-refractivity contribution in [3.8, 4) is 0 Å². The van der Waals surface area contributed by atoms with Crippen LogP contribution in [0.1, 0.15) is 50.5 Å². The molecule has 1 aromatic carbocycles. The lowest BCUT2D eigenvalue weighted by atomic mass is 10.1. The predicted octanol–water partition coefficient (Wildman–Crippen LogP) is 3.56. The number of aliphatic carboxylic acids is 1. The molecule has 6 nitrogen and oxygen atoms in total. The van der Waals surface area contributed by atoms with E-state index in [-0.39, 0.29) is 18.8 Å². The van der Waals surface area contributed by atoms with Crippen molar-refractivity contribution in [2.24, 2.45) is 0 Å². The molecule has 7 heteroatoms. The van der Waals surface area contributed by atoms with Crippen molar-refractivity contribution in [1.29, 1.82) is 0 Å². The molecule has 0 saturated carbocycles. The molecule has 1 amide bonds. The van der Waals surface area contributed by atoms with Crippen LogP contribution in [0.5, 0.6) is 0 Å². The fourth-order valence-corrected chi connectivity index (χ4v) is 2.90. The van der Waals surface area contributed by atoms with Gasteiger partial charge in [0.2, 0.25) is 0 Å². The summed E-state index contributed by atoms with van der Waals surface area (Å²) in [6.45, 7) is 5.01. The van der Waals surface area contributed by atoms with Gasteiger partial charge in [0, 0.05) is 10.9 Å². The van der Waals surface area contributed by atoms with Gasteiger partial charge in [0.1, 0.15) is 12.2 Å². The normalized spacial score (nSPS) is 20.0. The Labute approximate surface area is 143 Å². The van der Waals surface area contributed by atoms with Crippen molar-refractivity contribution < 1.29 is 24.2 Å². The Kier molecular flexibility index (Phi) is 5.31. The molecule has 2 N–H and O–H groups in total. The molecule has 126 valence electrons. The Morgan fingerprint density at radius 1 is 1.35 bits per heavy atom. The van der Waals surface area contributed by atoms with E-state index < -0.39 is 17.7 Å². The maximum Gasteiger partial charge on any atom is 0.408 e. The van der Waals surface area contributed by atoms with Gasteiger partial charge in [0.25, 0.3) is 0 Å². The smallest absolute Gasteiger partial charge is 0.408 e. The van der Waals surface area contributed by atoms with Crippen molar-refractivity contribution >= 4 is 28.0 Å². The molecule has 0 bridgehead atoms. The molecule has 2 rings (SSSR count). The summed E-state index contributed by atoms with van der Waals surface area (Å²) in [5.74, 6) is -1.02. The van der Waals surface area contributed by atoms with Crippen LogP contribution in [0.4, 0.5) is 4.79 Å². The highest BCUT2D eigenvalue weighted by Gasteiger charge is 2.34. The monoisotopic (exact) mass is 385 g/mol. The second-order valence-corrected chi connectivity index (χ2v) is 7.32. The largest absolute Gasteiger partial charge is 0.480 e. The van der Waals surface area contributed by atoms with Gasteiger partial charge in [-0.3, -0.25) is 0 Å². The maximum atomic E-state index is 12.0. The molecule has 1 aliphatic rings. The van der Waals surface area contributed by atoms with E-state index >= 15 is 0 Å². The Balaban J connectivity index is 2.14. The molecule has 0 heterocycles. The summed E-state index contributed by atoms with van der Waals surface area (Å²) in [5, 5.41) is 11.6. The van der Waals surface area contributed by atoms with Gasteiger partial charge in [0.15, 0.2) is 0 Å². The molecule has 0 saturated heterocycles. The second-order valence-electron chi connectivity index (χ2n) is 6.40. The van der Waals surface area contributed by atoms with Gasteiger partial charge < -0.3 is 19.9 Å². The highest BCUT2D eigenvalue weighted by molar-refractivity contribution is 9.10. The minimum Gasteiger partial charge on any atom is -0.480 e. The van der Waals surface area contributed by atoms with E-state index in [2.05, 4.69) is 21.2 Å². The fraction of sp³-hybridized carbons (Fsp3) is 0.500. The van der Waals surface area contributed by atoms with E-state index in [4.69, 9.17) is 14.6 Å². The molecule has 23 heavy (non-hydrogen) atoms. The standard InChI is InChI=1S/C16H20BrNO5/c1-16(2,3)23-15(21)18-12-7-13(22-8-14(19)20)11-6-9(17)4-5-10(11)12/h4-6,12-13H,7-8H2,1-3H3,(H,18,21)(H,19,20). The summed E-state index contributed by atoms with van der Waals surface area (Å²) >= 11 is 3.40. The summed E-state index contributed by atoms with van der Waals surface area (Å²) in [6.07, 6.45) is -0.410. The van der Waals surface area contributed by atoms with Crippen LogP contribution >= 0.6 is 15.9 Å². The molecule has 0 fully saturated rings. The number of ether oxygens (including phenoxy) is 2. The second kappa shape index (κ2) is 6.88. The number of amides is 1. The molecule has 0 radical (unpaired) electrons. The zero-order valence-corrected chi connectivity index (χ0v) is 14.8. The highest BCUT2D eigenvalue weighted by atomic mass is 79.9. The summed E-state index contributed by atoms with van der Waals surface area (Å²) in [5.41, 5.74) is 1.21. The molecular formula is C16H20BrNO5. The zero-order valence-electron chi connectivity index (χ0n) is 13.3. The molecule has 0 aliphatic heterocycles. The van der Waals surface area contributed by atoms with Gasteiger partial charge in [-0.1, -0.05) is 22.0 Å². The van der Waals surface area contributed by atoms with Crippen LogP contribution in [0.25, 0.3) is 0 Å².